The van der Waals surface area contributed by atoms with Gasteiger partial charge >= 0.3 is 0 Å². The van der Waals surface area contributed by atoms with Crippen molar-refractivity contribution in [2.24, 2.45) is 0 Å². The SMILES string of the molecule is COc1ccccc1C1c2sc3c(c2CCN1CC(=O)Nc1cccc(SC)c1)CCCC3. The quantitative estimate of drug-likeness (QED) is 0.445. The van der Waals surface area contributed by atoms with Crippen molar-refractivity contribution in [2.75, 3.05) is 31.8 Å². The van der Waals surface area contributed by atoms with Gasteiger partial charge < -0.3 is 10.1 Å². The molecule has 172 valence electrons. The lowest BCUT2D eigenvalue weighted by molar-refractivity contribution is -0.117. The van der Waals surface area contributed by atoms with E-state index in [2.05, 4.69) is 28.4 Å². The Hall–Kier alpha value is -2.28. The number of carbonyl (C=O) groups excluding carboxylic acids is 1. The minimum Gasteiger partial charge on any atom is -0.496 e. The number of benzene rings is 2. The Balaban J connectivity index is 1.47. The van der Waals surface area contributed by atoms with Crippen LogP contribution in [0, 0.1) is 0 Å². The third-order valence-corrected chi connectivity index (χ3v) is 8.82. The third kappa shape index (κ3) is 4.57. The van der Waals surface area contributed by atoms with E-state index in [0.717, 1.165) is 34.9 Å². The highest BCUT2D eigenvalue weighted by molar-refractivity contribution is 7.98. The maximum absolute atomic E-state index is 13.1. The third-order valence-electron chi connectivity index (χ3n) is 6.71. The molecule has 1 atom stereocenters. The highest BCUT2D eigenvalue weighted by Gasteiger charge is 2.36. The summed E-state index contributed by atoms with van der Waals surface area (Å²) in [6.45, 7) is 1.23. The molecule has 0 spiro atoms. The molecule has 6 heteroatoms. The van der Waals surface area contributed by atoms with Gasteiger partial charge in [0.25, 0.3) is 0 Å². The average molecular weight is 479 g/mol. The minimum absolute atomic E-state index is 0.0259. The van der Waals surface area contributed by atoms with Gasteiger partial charge in [0.05, 0.1) is 19.7 Å². The molecule has 2 aromatic carbocycles. The number of para-hydroxylation sites is 1. The number of aryl methyl sites for hydroxylation is 1. The van der Waals surface area contributed by atoms with Crippen LogP contribution in [-0.2, 0) is 24.1 Å². The second kappa shape index (κ2) is 9.92. The van der Waals surface area contributed by atoms with Crippen molar-refractivity contribution in [1.82, 2.24) is 4.90 Å². The van der Waals surface area contributed by atoms with Crippen molar-refractivity contribution in [3.8, 4) is 5.75 Å². The number of anilines is 1. The summed E-state index contributed by atoms with van der Waals surface area (Å²) in [6.07, 6.45) is 8.03. The number of methoxy groups -OCH3 is 1. The van der Waals surface area contributed by atoms with E-state index in [1.807, 2.05) is 47.9 Å². The van der Waals surface area contributed by atoms with E-state index in [-0.39, 0.29) is 11.9 Å². The van der Waals surface area contributed by atoms with Gasteiger partial charge in [-0.2, -0.15) is 0 Å². The number of amides is 1. The molecular weight excluding hydrogens is 448 g/mol. The number of carbonyl (C=O) groups is 1. The zero-order valence-electron chi connectivity index (χ0n) is 19.2. The van der Waals surface area contributed by atoms with Crippen LogP contribution in [-0.4, -0.2) is 37.3 Å². The molecule has 33 heavy (non-hydrogen) atoms. The monoisotopic (exact) mass is 478 g/mol. The standard InChI is InChI=1S/C27H30N2O2S2/c1-31-23-12-5-3-11-22(23)26-27-21(20-10-4-6-13-24(20)33-27)14-15-29(26)17-25(30)28-18-8-7-9-19(16-18)32-2/h3,5,7-9,11-12,16,26H,4,6,10,13-15,17H2,1-2H3,(H,28,30). The van der Waals surface area contributed by atoms with Gasteiger partial charge in [-0.1, -0.05) is 24.3 Å². The normalized spacial score (nSPS) is 17.8. The van der Waals surface area contributed by atoms with Crippen LogP contribution in [0.5, 0.6) is 5.75 Å². The fourth-order valence-corrected chi connectivity index (χ4v) is 7.24. The summed E-state index contributed by atoms with van der Waals surface area (Å²) in [5.74, 6) is 0.915. The number of rotatable bonds is 6. The molecule has 1 aliphatic heterocycles. The second-order valence-corrected chi connectivity index (χ2v) is 10.7. The Labute approximate surface area is 204 Å². The van der Waals surface area contributed by atoms with Gasteiger partial charge in [-0.3, -0.25) is 9.69 Å². The van der Waals surface area contributed by atoms with Crippen LogP contribution in [0.4, 0.5) is 5.69 Å². The fourth-order valence-electron chi connectivity index (χ4n) is 5.18. The molecule has 0 saturated heterocycles. The molecule has 4 nitrogen and oxygen atoms in total. The first-order valence-corrected chi connectivity index (χ1v) is 13.7. The number of hydrogen-bond donors (Lipinski definition) is 1. The van der Waals surface area contributed by atoms with Crippen LogP contribution < -0.4 is 10.1 Å². The minimum atomic E-state index is 0.0259. The number of hydrogen-bond acceptors (Lipinski definition) is 5. The zero-order chi connectivity index (χ0) is 22.8. The highest BCUT2D eigenvalue weighted by Crippen LogP contribution is 2.46. The van der Waals surface area contributed by atoms with E-state index in [4.69, 9.17) is 4.74 Å². The molecule has 3 aromatic rings. The van der Waals surface area contributed by atoms with Crippen molar-refractivity contribution in [1.29, 1.82) is 0 Å². The van der Waals surface area contributed by atoms with Crippen LogP contribution in [0.15, 0.2) is 53.4 Å². The first-order valence-electron chi connectivity index (χ1n) is 11.6. The van der Waals surface area contributed by atoms with Crippen LogP contribution in [0.25, 0.3) is 0 Å². The Bertz CT molecular complexity index is 1160. The zero-order valence-corrected chi connectivity index (χ0v) is 20.9. The van der Waals surface area contributed by atoms with Crippen molar-refractivity contribution in [3.63, 3.8) is 0 Å². The van der Waals surface area contributed by atoms with Gasteiger partial charge in [0.1, 0.15) is 5.75 Å². The lowest BCUT2D eigenvalue weighted by Crippen LogP contribution is -2.40. The Kier molecular flexibility index (Phi) is 6.76. The molecular formula is C27H30N2O2S2. The second-order valence-electron chi connectivity index (χ2n) is 8.70. The highest BCUT2D eigenvalue weighted by atomic mass is 32.2. The van der Waals surface area contributed by atoms with Crippen molar-refractivity contribution >= 4 is 34.7 Å². The summed E-state index contributed by atoms with van der Waals surface area (Å²) < 4.78 is 5.77. The van der Waals surface area contributed by atoms with Crippen LogP contribution in [0.1, 0.15) is 45.3 Å². The van der Waals surface area contributed by atoms with E-state index < -0.39 is 0 Å². The van der Waals surface area contributed by atoms with Crippen LogP contribution in [0.2, 0.25) is 0 Å². The van der Waals surface area contributed by atoms with Crippen molar-refractivity contribution in [3.05, 3.63) is 75.0 Å². The van der Waals surface area contributed by atoms with Gasteiger partial charge in [0, 0.05) is 32.4 Å². The Morgan fingerprint density at radius 3 is 2.82 bits per heavy atom. The van der Waals surface area contributed by atoms with Crippen LogP contribution in [0.3, 0.4) is 0 Å². The van der Waals surface area contributed by atoms with Crippen molar-refractivity contribution in [2.45, 2.75) is 43.0 Å². The fraction of sp³-hybridized carbons (Fsp3) is 0.370. The van der Waals surface area contributed by atoms with E-state index in [1.165, 1.54) is 36.1 Å². The predicted molar refractivity (Wildman–Crippen MR) is 138 cm³/mol. The van der Waals surface area contributed by atoms with Gasteiger partial charge in [0.15, 0.2) is 0 Å². The number of thiophene rings is 1. The lowest BCUT2D eigenvalue weighted by atomic mass is 9.88. The number of ether oxygens (including phenoxy) is 1. The van der Waals surface area contributed by atoms with Crippen molar-refractivity contribution < 1.29 is 9.53 Å². The molecule has 0 fully saturated rings. The van der Waals surface area contributed by atoms with Gasteiger partial charge in [0.2, 0.25) is 5.91 Å². The average Bonchev–Trinajstić information content (AvgIpc) is 3.22. The van der Waals surface area contributed by atoms with E-state index >= 15 is 0 Å². The first kappa shape index (κ1) is 22.5. The summed E-state index contributed by atoms with van der Waals surface area (Å²) in [6, 6.07) is 16.4. The summed E-state index contributed by atoms with van der Waals surface area (Å²) in [7, 11) is 1.73. The molecule has 1 aromatic heterocycles. The maximum atomic E-state index is 13.1. The topological polar surface area (TPSA) is 41.6 Å². The molecule has 1 unspecified atom stereocenters. The number of thioether (sulfide) groups is 1. The summed E-state index contributed by atoms with van der Waals surface area (Å²) >= 11 is 3.65. The maximum Gasteiger partial charge on any atom is 0.238 e. The molecule has 1 amide bonds. The Morgan fingerprint density at radius 1 is 1.12 bits per heavy atom. The molecule has 5 rings (SSSR count). The van der Waals surface area contributed by atoms with E-state index in [0.29, 0.717) is 6.54 Å². The van der Waals surface area contributed by atoms with Gasteiger partial charge in [-0.05, 0) is 73.8 Å². The first-order chi connectivity index (χ1) is 16.2. The van der Waals surface area contributed by atoms with E-state index in [1.54, 1.807) is 29.3 Å². The lowest BCUT2D eigenvalue weighted by Gasteiger charge is -2.36. The largest absolute Gasteiger partial charge is 0.496 e. The number of fused-ring (bicyclic) bond motifs is 3. The summed E-state index contributed by atoms with van der Waals surface area (Å²) in [5, 5.41) is 3.12. The number of nitrogens with zero attached hydrogens (tertiary/aromatic N) is 1. The molecule has 1 aliphatic carbocycles. The Morgan fingerprint density at radius 2 is 1.97 bits per heavy atom. The number of nitrogens with one attached hydrogen (secondary N) is 1. The van der Waals surface area contributed by atoms with Gasteiger partial charge in [-0.15, -0.1) is 23.1 Å². The smallest absolute Gasteiger partial charge is 0.238 e. The predicted octanol–water partition coefficient (Wildman–Crippen LogP) is 5.94. The molecule has 0 saturated carbocycles. The summed E-state index contributed by atoms with van der Waals surface area (Å²) in [5.41, 5.74) is 5.13. The summed E-state index contributed by atoms with van der Waals surface area (Å²) in [4.78, 5) is 19.6. The molecule has 2 heterocycles. The molecule has 1 N–H and O–H groups in total. The molecule has 2 aliphatic rings. The van der Waals surface area contributed by atoms with Gasteiger partial charge in [-0.25, -0.2) is 0 Å². The van der Waals surface area contributed by atoms with Crippen LogP contribution >= 0.6 is 23.1 Å². The molecule has 0 bridgehead atoms. The van der Waals surface area contributed by atoms with E-state index in [9.17, 15) is 4.79 Å². The molecule has 0 radical (unpaired) electrons.